The maximum absolute atomic E-state index is 13.9. The van der Waals surface area contributed by atoms with Crippen LogP contribution >= 0.6 is 11.3 Å². The third-order valence-electron chi connectivity index (χ3n) is 6.08. The Morgan fingerprint density at radius 1 is 1.03 bits per heavy atom. The molecule has 34 heavy (non-hydrogen) atoms. The molecule has 1 fully saturated rings. The molecule has 8 nitrogen and oxygen atoms in total. The Kier molecular flexibility index (Phi) is 5.14. The van der Waals surface area contributed by atoms with Gasteiger partial charge >= 0.3 is 0 Å². The number of nitrogens with zero attached hydrogens (tertiary/aromatic N) is 7. The molecule has 1 saturated heterocycles. The molecule has 4 aromatic heterocycles. The van der Waals surface area contributed by atoms with Crippen molar-refractivity contribution in [1.29, 1.82) is 0 Å². The lowest BCUT2D eigenvalue weighted by Crippen LogP contribution is -2.38. The van der Waals surface area contributed by atoms with Gasteiger partial charge in [0, 0.05) is 25.2 Å². The third kappa shape index (κ3) is 3.65. The number of rotatable bonds is 4. The van der Waals surface area contributed by atoms with Crippen molar-refractivity contribution < 1.29 is 9.18 Å². The highest BCUT2D eigenvalue weighted by Gasteiger charge is 2.30. The number of hydrogen-bond donors (Lipinski definition) is 0. The van der Waals surface area contributed by atoms with Crippen LogP contribution in [-0.4, -0.2) is 53.3 Å². The van der Waals surface area contributed by atoms with Crippen LogP contribution in [0.5, 0.6) is 0 Å². The topological polar surface area (TPSA) is 81.2 Å². The van der Waals surface area contributed by atoms with Gasteiger partial charge in [0.15, 0.2) is 11.5 Å². The number of aromatic nitrogens is 6. The van der Waals surface area contributed by atoms with E-state index in [9.17, 15) is 9.18 Å². The summed E-state index contributed by atoms with van der Waals surface area (Å²) in [6.45, 7) is 1.15. The maximum Gasteiger partial charge on any atom is 0.293 e. The first-order valence-electron chi connectivity index (χ1n) is 11.0. The fourth-order valence-electron chi connectivity index (χ4n) is 4.38. The van der Waals surface area contributed by atoms with E-state index < -0.39 is 0 Å². The predicted octanol–water partition coefficient (Wildman–Crippen LogP) is 4.20. The van der Waals surface area contributed by atoms with E-state index in [1.54, 1.807) is 17.0 Å². The van der Waals surface area contributed by atoms with Gasteiger partial charge in [-0.05, 0) is 54.6 Å². The molecular weight excluding hydrogens is 453 g/mol. The van der Waals surface area contributed by atoms with Gasteiger partial charge in [-0.1, -0.05) is 18.2 Å². The number of fused-ring (bicyclic) bond motifs is 1. The van der Waals surface area contributed by atoms with Crippen molar-refractivity contribution in [3.05, 3.63) is 83.6 Å². The van der Waals surface area contributed by atoms with Crippen LogP contribution in [-0.2, 0) is 0 Å². The molecule has 0 aliphatic carbocycles. The molecule has 1 aliphatic rings. The Bertz CT molecular complexity index is 1470. The highest BCUT2D eigenvalue weighted by atomic mass is 32.1. The first-order chi connectivity index (χ1) is 16.7. The number of hydrogen-bond acceptors (Lipinski definition) is 6. The minimum atomic E-state index is -0.374. The molecule has 0 spiro atoms. The number of pyridine rings is 1. The van der Waals surface area contributed by atoms with Crippen molar-refractivity contribution >= 4 is 22.9 Å². The van der Waals surface area contributed by atoms with E-state index in [4.69, 9.17) is 0 Å². The van der Waals surface area contributed by atoms with Gasteiger partial charge in [-0.15, -0.1) is 26.6 Å². The van der Waals surface area contributed by atoms with E-state index >= 15 is 0 Å². The van der Waals surface area contributed by atoms with Crippen LogP contribution in [0.25, 0.3) is 22.0 Å². The quantitative estimate of drug-likeness (QED) is 0.391. The molecule has 0 atom stereocenters. The molecule has 0 unspecified atom stereocenters. The van der Waals surface area contributed by atoms with E-state index in [0.29, 0.717) is 24.6 Å². The molecule has 6 rings (SSSR count). The predicted molar refractivity (Wildman–Crippen MR) is 125 cm³/mol. The molecular formula is C24H20FN7OS. The number of carbonyl (C=O) groups excluding carboxylic acids is 1. The molecule has 10 heteroatoms. The van der Waals surface area contributed by atoms with Gasteiger partial charge in [-0.3, -0.25) is 9.20 Å². The molecule has 0 bridgehead atoms. The largest absolute Gasteiger partial charge is 0.336 e. The highest BCUT2D eigenvalue weighted by Crippen LogP contribution is 2.29. The Hall–Kier alpha value is -3.92. The van der Waals surface area contributed by atoms with E-state index in [-0.39, 0.29) is 23.5 Å². The van der Waals surface area contributed by atoms with Crippen molar-refractivity contribution in [3.8, 4) is 16.4 Å². The summed E-state index contributed by atoms with van der Waals surface area (Å²) in [4.78, 5) is 20.5. The number of carbonyl (C=O) groups is 1. The summed E-state index contributed by atoms with van der Waals surface area (Å²) in [6.07, 6.45) is 3.53. The Labute approximate surface area is 198 Å². The van der Waals surface area contributed by atoms with Gasteiger partial charge in [0.2, 0.25) is 5.82 Å². The standard InChI is InChI=1S/C24H20FN7OS/c25-17-5-3-6-18(15-17)32-23(19-7-4-14-34-19)26-21(29-32)24(33)30-12-9-16(10-13-30)22-28-27-20-8-1-2-11-31(20)22/h1-8,11,14-16H,9-10,12-13H2. The zero-order valence-electron chi connectivity index (χ0n) is 18.1. The van der Waals surface area contributed by atoms with Crippen molar-refractivity contribution in [2.45, 2.75) is 18.8 Å². The second-order valence-electron chi connectivity index (χ2n) is 8.18. The molecule has 0 saturated carbocycles. The van der Waals surface area contributed by atoms with Crippen LogP contribution in [0.4, 0.5) is 4.39 Å². The van der Waals surface area contributed by atoms with Crippen molar-refractivity contribution in [1.82, 2.24) is 34.3 Å². The Morgan fingerprint density at radius 3 is 2.71 bits per heavy atom. The fraction of sp³-hybridized carbons (Fsp3) is 0.208. The molecule has 0 N–H and O–H groups in total. The van der Waals surface area contributed by atoms with Crippen molar-refractivity contribution in [2.75, 3.05) is 13.1 Å². The minimum absolute atomic E-state index is 0.110. The zero-order chi connectivity index (χ0) is 23.1. The highest BCUT2D eigenvalue weighted by molar-refractivity contribution is 7.13. The van der Waals surface area contributed by atoms with Crippen LogP contribution in [0.15, 0.2) is 66.2 Å². The Balaban J connectivity index is 1.25. The van der Waals surface area contributed by atoms with Crippen molar-refractivity contribution in [3.63, 3.8) is 0 Å². The van der Waals surface area contributed by atoms with Crippen LogP contribution in [0.3, 0.4) is 0 Å². The van der Waals surface area contributed by atoms with E-state index in [1.807, 2.05) is 46.3 Å². The molecule has 5 aromatic rings. The maximum atomic E-state index is 13.9. The number of amides is 1. The van der Waals surface area contributed by atoms with Crippen LogP contribution in [0.1, 0.15) is 35.2 Å². The molecule has 170 valence electrons. The van der Waals surface area contributed by atoms with Gasteiger partial charge in [-0.25, -0.2) is 14.1 Å². The first-order valence-corrected chi connectivity index (χ1v) is 11.9. The summed E-state index contributed by atoms with van der Waals surface area (Å²) < 4.78 is 17.4. The smallest absolute Gasteiger partial charge is 0.293 e. The summed E-state index contributed by atoms with van der Waals surface area (Å²) in [5, 5.41) is 15.1. The average Bonchev–Trinajstić information content (AvgIpc) is 3.63. The number of halogens is 1. The number of thiophene rings is 1. The van der Waals surface area contributed by atoms with Gasteiger partial charge in [0.05, 0.1) is 10.6 Å². The zero-order valence-corrected chi connectivity index (χ0v) is 18.9. The van der Waals surface area contributed by atoms with Crippen LogP contribution < -0.4 is 0 Å². The lowest BCUT2D eigenvalue weighted by Gasteiger charge is -2.30. The van der Waals surface area contributed by atoms with Gasteiger partial charge in [0.25, 0.3) is 5.91 Å². The summed E-state index contributed by atoms with van der Waals surface area (Å²) in [5.41, 5.74) is 1.34. The molecule has 1 aromatic carbocycles. The minimum Gasteiger partial charge on any atom is -0.336 e. The van der Waals surface area contributed by atoms with E-state index in [0.717, 1.165) is 29.2 Å². The normalized spacial score (nSPS) is 14.7. The first kappa shape index (κ1) is 20.7. The summed E-state index contributed by atoms with van der Waals surface area (Å²) in [5.74, 6) is 1.18. The summed E-state index contributed by atoms with van der Waals surface area (Å²) in [6, 6.07) is 15.8. The van der Waals surface area contributed by atoms with Gasteiger partial charge in [0.1, 0.15) is 11.6 Å². The van der Waals surface area contributed by atoms with E-state index in [1.165, 1.54) is 28.2 Å². The van der Waals surface area contributed by atoms with Crippen molar-refractivity contribution in [2.24, 2.45) is 0 Å². The number of benzene rings is 1. The summed E-state index contributed by atoms with van der Waals surface area (Å²) >= 11 is 1.49. The monoisotopic (exact) mass is 473 g/mol. The fourth-order valence-corrected chi connectivity index (χ4v) is 5.07. The van der Waals surface area contributed by atoms with Gasteiger partial charge in [-0.2, -0.15) is 0 Å². The lowest BCUT2D eigenvalue weighted by molar-refractivity contribution is 0.0698. The molecule has 0 radical (unpaired) electrons. The molecule has 1 amide bonds. The number of piperidine rings is 1. The second kappa shape index (κ2) is 8.45. The van der Waals surface area contributed by atoms with Gasteiger partial charge < -0.3 is 4.90 Å². The molecule has 1 aliphatic heterocycles. The summed E-state index contributed by atoms with van der Waals surface area (Å²) in [7, 11) is 0. The van der Waals surface area contributed by atoms with Crippen LogP contribution in [0, 0.1) is 5.82 Å². The average molecular weight is 474 g/mol. The lowest BCUT2D eigenvalue weighted by atomic mass is 9.96. The molecule has 5 heterocycles. The van der Waals surface area contributed by atoms with Crippen LogP contribution in [0.2, 0.25) is 0 Å². The SMILES string of the molecule is O=C(c1nc(-c2cccs2)n(-c2cccc(F)c2)n1)N1CCC(c2nnc3ccccn23)CC1. The second-order valence-corrected chi connectivity index (χ2v) is 9.13. The van der Waals surface area contributed by atoms with E-state index in [2.05, 4.69) is 20.3 Å². The number of likely N-dealkylation sites (tertiary alicyclic amines) is 1. The third-order valence-corrected chi connectivity index (χ3v) is 6.95. The Morgan fingerprint density at radius 2 is 1.91 bits per heavy atom.